The average molecular weight is 932 g/mol. The minimum absolute atomic E-state index is 0.00105. The number of thiophene rings is 1. The van der Waals surface area contributed by atoms with Crippen molar-refractivity contribution < 1.29 is 38.7 Å². The van der Waals surface area contributed by atoms with Crippen LogP contribution < -0.4 is 26.6 Å². The van der Waals surface area contributed by atoms with Gasteiger partial charge in [0, 0.05) is 55.0 Å². The van der Waals surface area contributed by atoms with Crippen LogP contribution in [0, 0.1) is 5.92 Å². The number of carboxylic acid groups (broad SMARTS) is 1. The highest BCUT2D eigenvalue weighted by atomic mass is 32.1. The molecule has 13 nitrogen and oxygen atoms in total. The van der Waals surface area contributed by atoms with E-state index in [2.05, 4.69) is 26.6 Å². The van der Waals surface area contributed by atoms with Crippen molar-refractivity contribution in [3.8, 4) is 11.1 Å². The van der Waals surface area contributed by atoms with Gasteiger partial charge < -0.3 is 31.7 Å². The SMILES string of the molecule is O=C1CCC(=O)N[C@H](Cc2cccs2)C(=O)N[C@@H](Cc2ccc(-c3ccccc3)cc2)C(=O)N[C@H](Cc2ccccc2)C(=O)C[C@@H](C(=O)N[C@@H](Cc2ccccc2)C(=O)O)Cc2ccc(cc2)N1. The van der Waals surface area contributed by atoms with Crippen LogP contribution >= 0.6 is 11.3 Å². The number of anilines is 1. The van der Waals surface area contributed by atoms with Crippen molar-refractivity contribution in [3.05, 3.63) is 184 Å². The fourth-order valence-electron chi connectivity index (χ4n) is 8.10. The summed E-state index contributed by atoms with van der Waals surface area (Å²) in [6, 6.07) is 40.7. The third kappa shape index (κ3) is 14.1. The number of benzene rings is 5. The zero-order valence-corrected chi connectivity index (χ0v) is 38.1. The molecule has 8 rings (SSSR count). The lowest BCUT2D eigenvalue weighted by atomic mass is 9.89. The topological polar surface area (TPSA) is 200 Å². The molecule has 0 unspecified atom stereocenters. The summed E-state index contributed by atoms with van der Waals surface area (Å²) in [6.07, 6.45) is -0.614. The Hall–Kier alpha value is -7.71. The molecule has 2 aliphatic rings. The number of Topliss-reactive ketones (excluding diaryl/α,β-unsaturated/α-hetero) is 1. The minimum Gasteiger partial charge on any atom is -0.480 e. The van der Waals surface area contributed by atoms with Gasteiger partial charge in [-0.15, -0.1) is 11.3 Å². The van der Waals surface area contributed by atoms with Gasteiger partial charge in [-0.3, -0.25) is 28.8 Å². The predicted molar refractivity (Wildman–Crippen MR) is 260 cm³/mol. The van der Waals surface area contributed by atoms with E-state index in [1.54, 1.807) is 66.7 Å². The number of carbonyl (C=O) groups is 7. The van der Waals surface area contributed by atoms with E-state index < -0.39 is 71.4 Å². The molecule has 348 valence electrons. The number of amides is 5. The predicted octanol–water partition coefficient (Wildman–Crippen LogP) is 6.26. The molecule has 0 spiro atoms. The van der Waals surface area contributed by atoms with Crippen molar-refractivity contribution in [2.75, 3.05) is 5.32 Å². The smallest absolute Gasteiger partial charge is 0.326 e. The second-order valence-electron chi connectivity index (χ2n) is 16.9. The molecule has 6 aromatic rings. The van der Waals surface area contributed by atoms with Crippen molar-refractivity contribution in [3.63, 3.8) is 0 Å². The van der Waals surface area contributed by atoms with E-state index >= 15 is 0 Å². The first kappa shape index (κ1) is 48.2. The van der Waals surface area contributed by atoms with E-state index in [0.717, 1.165) is 21.6 Å². The van der Waals surface area contributed by atoms with Crippen LogP contribution in [0.2, 0.25) is 0 Å². The van der Waals surface area contributed by atoms with Gasteiger partial charge in [0.2, 0.25) is 29.5 Å². The largest absolute Gasteiger partial charge is 0.480 e. The zero-order chi connectivity index (χ0) is 47.8. The van der Waals surface area contributed by atoms with Gasteiger partial charge in [0.1, 0.15) is 18.1 Å². The van der Waals surface area contributed by atoms with Crippen LogP contribution in [-0.2, 0) is 65.7 Å². The van der Waals surface area contributed by atoms with Crippen LogP contribution in [0.5, 0.6) is 0 Å². The molecule has 2 aliphatic heterocycles. The van der Waals surface area contributed by atoms with Crippen LogP contribution in [0.1, 0.15) is 46.4 Å². The number of ketones is 1. The molecule has 0 fully saturated rings. The normalized spacial score (nSPS) is 19.0. The zero-order valence-electron chi connectivity index (χ0n) is 37.3. The van der Waals surface area contributed by atoms with Gasteiger partial charge in [0.15, 0.2) is 5.78 Å². The molecule has 6 N–H and O–H groups in total. The average Bonchev–Trinajstić information content (AvgIpc) is 3.87. The molecular weight excluding hydrogens is 879 g/mol. The van der Waals surface area contributed by atoms with E-state index in [-0.39, 0.29) is 51.4 Å². The van der Waals surface area contributed by atoms with Crippen molar-refractivity contribution in [1.82, 2.24) is 21.3 Å². The maximum absolute atomic E-state index is 14.8. The summed E-state index contributed by atoms with van der Waals surface area (Å²) in [5.41, 5.74) is 5.11. The monoisotopic (exact) mass is 931 g/mol. The molecule has 2 bridgehead atoms. The van der Waals surface area contributed by atoms with Crippen LogP contribution in [0.15, 0.2) is 157 Å². The van der Waals surface area contributed by atoms with E-state index in [9.17, 15) is 38.7 Å². The first-order chi connectivity index (χ1) is 32.9. The van der Waals surface area contributed by atoms with Crippen molar-refractivity contribution in [2.45, 2.75) is 75.5 Å². The number of aliphatic carboxylic acids is 1. The van der Waals surface area contributed by atoms with Gasteiger partial charge >= 0.3 is 5.97 Å². The van der Waals surface area contributed by atoms with Gasteiger partial charge in [-0.2, -0.15) is 0 Å². The van der Waals surface area contributed by atoms with Crippen molar-refractivity contribution in [2.24, 2.45) is 5.92 Å². The number of nitrogens with one attached hydrogen (secondary N) is 5. The molecule has 5 amide bonds. The van der Waals surface area contributed by atoms with E-state index in [1.165, 1.54) is 11.3 Å². The van der Waals surface area contributed by atoms with Crippen molar-refractivity contribution in [1.29, 1.82) is 0 Å². The van der Waals surface area contributed by atoms with Crippen LogP contribution in [0.25, 0.3) is 11.1 Å². The number of hydrogen-bond acceptors (Lipinski definition) is 8. The first-order valence-corrected chi connectivity index (χ1v) is 23.4. The summed E-state index contributed by atoms with van der Waals surface area (Å²) in [5.74, 6) is -5.79. The standard InChI is InChI=1S/C54H53N5O8S/c60-48-33-41(51(63)59-47(54(66)67)32-36-13-6-2-7-14-36)29-37-20-24-42(25-21-37)55-49(61)26-27-50(62)56-46(34-43-17-10-28-68-43)53(65)58-45(52(64)57-44(48)30-35-11-4-1-5-12-35)31-38-18-22-40(23-19-38)39-15-8-3-9-16-39/h1-25,28,41,44-47H,26-27,29-34H2,(H,55,61)(H,56,62)(H,57,64)(H,58,65)(H,59,63)(H,66,67)/t41-,44+,45-,46+,47-/m0/s1. The number of fused-ring (bicyclic) bond motifs is 18. The maximum atomic E-state index is 14.8. The van der Waals surface area contributed by atoms with E-state index in [1.807, 2.05) is 90.3 Å². The highest BCUT2D eigenvalue weighted by molar-refractivity contribution is 7.09. The summed E-state index contributed by atoms with van der Waals surface area (Å²) >= 11 is 1.40. The summed E-state index contributed by atoms with van der Waals surface area (Å²) in [6.45, 7) is 0. The highest BCUT2D eigenvalue weighted by Crippen LogP contribution is 2.22. The summed E-state index contributed by atoms with van der Waals surface area (Å²) in [5, 5.41) is 26.1. The molecule has 5 aromatic carbocycles. The van der Waals surface area contributed by atoms with Crippen LogP contribution in [0.3, 0.4) is 0 Å². The molecule has 14 heteroatoms. The minimum atomic E-state index is -1.31. The summed E-state index contributed by atoms with van der Waals surface area (Å²) in [4.78, 5) is 98.0. The number of carboxylic acids is 1. The van der Waals surface area contributed by atoms with Gasteiger partial charge in [0.05, 0.1) is 6.04 Å². The lowest BCUT2D eigenvalue weighted by Gasteiger charge is -2.27. The number of carbonyl (C=O) groups excluding carboxylic acids is 6. The fourth-order valence-corrected chi connectivity index (χ4v) is 8.85. The Bertz CT molecular complexity index is 2660. The Kier molecular flexibility index (Phi) is 16.8. The molecule has 1 aromatic heterocycles. The second kappa shape index (κ2) is 23.7. The van der Waals surface area contributed by atoms with E-state index in [4.69, 9.17) is 0 Å². The van der Waals surface area contributed by atoms with Gasteiger partial charge in [-0.05, 0) is 69.8 Å². The molecule has 3 heterocycles. The Morgan fingerprint density at radius 1 is 0.574 bits per heavy atom. The first-order valence-electron chi connectivity index (χ1n) is 22.5. The van der Waals surface area contributed by atoms with Gasteiger partial charge in [-0.1, -0.05) is 133 Å². The third-order valence-corrected chi connectivity index (χ3v) is 12.7. The Morgan fingerprint density at radius 2 is 1.13 bits per heavy atom. The lowest BCUT2D eigenvalue weighted by Crippen LogP contribution is -2.57. The molecule has 0 saturated heterocycles. The quantitative estimate of drug-likeness (QED) is 0.0773. The Labute approximate surface area is 398 Å². The van der Waals surface area contributed by atoms with Crippen LogP contribution in [0.4, 0.5) is 5.69 Å². The molecule has 0 saturated carbocycles. The highest BCUT2D eigenvalue weighted by Gasteiger charge is 2.34. The van der Waals surface area contributed by atoms with Crippen molar-refractivity contribution >= 4 is 58.3 Å². The molecule has 5 atom stereocenters. The molecule has 68 heavy (non-hydrogen) atoms. The Morgan fingerprint density at radius 3 is 1.76 bits per heavy atom. The summed E-state index contributed by atoms with van der Waals surface area (Å²) in [7, 11) is 0. The summed E-state index contributed by atoms with van der Waals surface area (Å²) < 4.78 is 0. The number of rotatable bonds is 12. The Balaban J connectivity index is 1.23. The molecular formula is C54H53N5O8S. The van der Waals surface area contributed by atoms with Gasteiger partial charge in [0.25, 0.3) is 0 Å². The molecule has 0 aliphatic carbocycles. The fraction of sp³-hybridized carbons (Fsp3) is 0.241. The second-order valence-corrected chi connectivity index (χ2v) is 17.9. The number of hydrogen-bond donors (Lipinski definition) is 6. The third-order valence-electron chi connectivity index (χ3n) is 11.8. The van der Waals surface area contributed by atoms with Crippen LogP contribution in [-0.4, -0.2) is 70.6 Å². The van der Waals surface area contributed by atoms with E-state index in [0.29, 0.717) is 22.4 Å². The lowest BCUT2D eigenvalue weighted by molar-refractivity contribution is -0.142. The van der Waals surface area contributed by atoms with Gasteiger partial charge in [-0.25, -0.2) is 4.79 Å². The molecule has 0 radical (unpaired) electrons. The maximum Gasteiger partial charge on any atom is 0.326 e.